The standard InChI is InChI=1S/C32H36N4O5/c1-8-40-29-15-21(4)25(17-24(29)20(2)3)30-34-26-12-10-9-11-23(26)31(37)35(30)33-18-22-13-14-28(27(16-22)36(38)39)41-19-32(5,6)7/h9-18,20H,8,19H2,1-7H3. The number of aryl methyl sites for hydroxylation is 1. The molecule has 0 spiro atoms. The maximum Gasteiger partial charge on any atom is 0.311 e. The Kier molecular flexibility index (Phi) is 8.56. The minimum Gasteiger partial charge on any atom is -0.494 e. The Morgan fingerprint density at radius 2 is 1.80 bits per heavy atom. The van der Waals surface area contributed by atoms with E-state index in [-0.39, 0.29) is 28.3 Å². The number of aromatic nitrogens is 2. The number of rotatable bonds is 9. The average molecular weight is 557 g/mol. The van der Waals surface area contributed by atoms with E-state index in [9.17, 15) is 14.9 Å². The van der Waals surface area contributed by atoms with Gasteiger partial charge in [0.15, 0.2) is 11.6 Å². The summed E-state index contributed by atoms with van der Waals surface area (Å²) in [6.07, 6.45) is 1.43. The van der Waals surface area contributed by atoms with E-state index in [2.05, 4.69) is 18.9 Å². The molecule has 0 atom stereocenters. The second-order valence-electron chi connectivity index (χ2n) is 11.4. The SMILES string of the molecule is CCOc1cc(C)c(-c2nc3ccccc3c(=O)n2N=Cc2ccc(OCC(C)(C)C)c([N+](=O)[O-])c2)cc1C(C)C. The fourth-order valence-corrected chi connectivity index (χ4v) is 4.37. The van der Waals surface area contributed by atoms with Gasteiger partial charge < -0.3 is 9.47 Å². The first-order valence-electron chi connectivity index (χ1n) is 13.6. The molecule has 4 rings (SSSR count). The number of ether oxygens (including phenoxy) is 2. The molecule has 0 aliphatic carbocycles. The lowest BCUT2D eigenvalue weighted by atomic mass is 9.96. The first-order chi connectivity index (χ1) is 19.4. The monoisotopic (exact) mass is 556 g/mol. The third-order valence-corrected chi connectivity index (χ3v) is 6.44. The average Bonchev–Trinajstić information content (AvgIpc) is 2.91. The van der Waals surface area contributed by atoms with Crippen molar-refractivity contribution in [1.29, 1.82) is 0 Å². The lowest BCUT2D eigenvalue weighted by Gasteiger charge is -2.18. The van der Waals surface area contributed by atoms with Crippen molar-refractivity contribution < 1.29 is 14.4 Å². The number of hydrogen-bond acceptors (Lipinski definition) is 7. The zero-order valence-corrected chi connectivity index (χ0v) is 24.6. The second-order valence-corrected chi connectivity index (χ2v) is 11.4. The summed E-state index contributed by atoms with van der Waals surface area (Å²) in [4.78, 5) is 29.9. The Hall–Kier alpha value is -4.53. The lowest BCUT2D eigenvalue weighted by molar-refractivity contribution is -0.386. The van der Waals surface area contributed by atoms with Crippen LogP contribution >= 0.6 is 0 Å². The van der Waals surface area contributed by atoms with Gasteiger partial charge in [-0.3, -0.25) is 14.9 Å². The molecule has 0 aliphatic heterocycles. The van der Waals surface area contributed by atoms with Crippen LogP contribution in [-0.2, 0) is 0 Å². The van der Waals surface area contributed by atoms with Crippen molar-refractivity contribution >= 4 is 22.8 Å². The zero-order valence-electron chi connectivity index (χ0n) is 24.6. The maximum atomic E-state index is 13.7. The van der Waals surface area contributed by atoms with Gasteiger partial charge in [-0.25, -0.2) is 4.98 Å². The van der Waals surface area contributed by atoms with Gasteiger partial charge in [0, 0.05) is 17.2 Å². The van der Waals surface area contributed by atoms with Gasteiger partial charge in [-0.2, -0.15) is 9.78 Å². The number of nitrogens with zero attached hydrogens (tertiary/aromatic N) is 4. The van der Waals surface area contributed by atoms with Crippen LogP contribution in [0.5, 0.6) is 11.5 Å². The van der Waals surface area contributed by atoms with Crippen LogP contribution in [-0.4, -0.2) is 34.0 Å². The fraction of sp³-hybridized carbons (Fsp3) is 0.344. The van der Waals surface area contributed by atoms with Crippen LogP contribution < -0.4 is 15.0 Å². The van der Waals surface area contributed by atoms with Gasteiger partial charge in [-0.15, -0.1) is 0 Å². The molecule has 9 heteroatoms. The summed E-state index contributed by atoms with van der Waals surface area (Å²) in [5, 5.41) is 16.7. The molecule has 3 aromatic carbocycles. The highest BCUT2D eigenvalue weighted by Gasteiger charge is 2.21. The molecule has 0 unspecified atom stereocenters. The van der Waals surface area contributed by atoms with Crippen LogP contribution in [0.3, 0.4) is 0 Å². The lowest BCUT2D eigenvalue weighted by Crippen LogP contribution is -2.21. The van der Waals surface area contributed by atoms with Crippen molar-refractivity contribution in [2.24, 2.45) is 10.5 Å². The number of benzene rings is 3. The van der Waals surface area contributed by atoms with Gasteiger partial charge in [0.1, 0.15) is 5.75 Å². The van der Waals surface area contributed by atoms with E-state index >= 15 is 0 Å². The van der Waals surface area contributed by atoms with Crippen LogP contribution in [0.2, 0.25) is 0 Å². The minimum absolute atomic E-state index is 0.164. The van der Waals surface area contributed by atoms with Crippen LogP contribution in [0, 0.1) is 22.5 Å². The van der Waals surface area contributed by atoms with E-state index in [0.29, 0.717) is 35.5 Å². The highest BCUT2D eigenvalue weighted by atomic mass is 16.6. The van der Waals surface area contributed by atoms with E-state index < -0.39 is 4.92 Å². The van der Waals surface area contributed by atoms with E-state index in [0.717, 1.165) is 22.4 Å². The molecule has 0 bridgehead atoms. The van der Waals surface area contributed by atoms with E-state index in [4.69, 9.17) is 14.5 Å². The Morgan fingerprint density at radius 3 is 2.46 bits per heavy atom. The third-order valence-electron chi connectivity index (χ3n) is 6.44. The Balaban J connectivity index is 1.87. The summed E-state index contributed by atoms with van der Waals surface area (Å²) in [5.41, 5.74) is 2.92. The normalized spacial score (nSPS) is 11.9. The van der Waals surface area contributed by atoms with Gasteiger partial charge in [-0.1, -0.05) is 46.8 Å². The van der Waals surface area contributed by atoms with Crippen molar-refractivity contribution in [3.63, 3.8) is 0 Å². The van der Waals surface area contributed by atoms with E-state index in [1.165, 1.54) is 17.0 Å². The molecular formula is C32H36N4O5. The summed E-state index contributed by atoms with van der Waals surface area (Å²) in [7, 11) is 0. The number of para-hydroxylation sites is 1. The predicted octanol–water partition coefficient (Wildman–Crippen LogP) is 7.11. The van der Waals surface area contributed by atoms with Crippen molar-refractivity contribution in [2.45, 2.75) is 54.4 Å². The molecule has 41 heavy (non-hydrogen) atoms. The van der Waals surface area contributed by atoms with Crippen molar-refractivity contribution in [1.82, 2.24) is 9.66 Å². The second kappa shape index (κ2) is 11.9. The molecule has 0 saturated carbocycles. The highest BCUT2D eigenvalue weighted by Crippen LogP contribution is 2.34. The summed E-state index contributed by atoms with van der Waals surface area (Å²) >= 11 is 0. The highest BCUT2D eigenvalue weighted by molar-refractivity contribution is 5.83. The molecular weight excluding hydrogens is 520 g/mol. The number of fused-ring (bicyclic) bond motifs is 1. The molecule has 4 aromatic rings. The maximum absolute atomic E-state index is 13.7. The first kappa shape index (κ1) is 29.5. The topological polar surface area (TPSA) is 109 Å². The molecule has 1 aromatic heterocycles. The largest absolute Gasteiger partial charge is 0.494 e. The van der Waals surface area contributed by atoms with E-state index in [1.54, 1.807) is 30.3 Å². The summed E-state index contributed by atoms with van der Waals surface area (Å²) < 4.78 is 12.9. The van der Waals surface area contributed by atoms with Gasteiger partial charge in [0.2, 0.25) is 0 Å². The van der Waals surface area contributed by atoms with Gasteiger partial charge in [-0.05, 0) is 72.7 Å². The van der Waals surface area contributed by atoms with E-state index in [1.807, 2.05) is 52.8 Å². The van der Waals surface area contributed by atoms with Crippen LogP contribution in [0.25, 0.3) is 22.3 Å². The molecule has 9 nitrogen and oxygen atoms in total. The third kappa shape index (κ3) is 6.62. The smallest absolute Gasteiger partial charge is 0.311 e. The summed E-state index contributed by atoms with van der Waals surface area (Å²) in [6.45, 7) is 14.9. The van der Waals surface area contributed by atoms with Crippen LogP contribution in [0.1, 0.15) is 64.2 Å². The quantitative estimate of drug-likeness (QED) is 0.123. The van der Waals surface area contributed by atoms with Gasteiger partial charge >= 0.3 is 5.69 Å². The number of nitro groups is 1. The minimum atomic E-state index is -0.485. The number of nitro benzene ring substituents is 1. The van der Waals surface area contributed by atoms with Crippen LogP contribution in [0.15, 0.2) is 64.5 Å². The zero-order chi connectivity index (χ0) is 29.9. The molecule has 0 radical (unpaired) electrons. The van der Waals surface area contributed by atoms with Gasteiger partial charge in [0.25, 0.3) is 5.56 Å². The molecule has 1 heterocycles. The van der Waals surface area contributed by atoms with Crippen LogP contribution in [0.4, 0.5) is 5.69 Å². The van der Waals surface area contributed by atoms with Gasteiger partial charge in [0.05, 0.1) is 35.3 Å². The predicted molar refractivity (Wildman–Crippen MR) is 162 cm³/mol. The van der Waals surface area contributed by atoms with Crippen molar-refractivity contribution in [3.8, 4) is 22.9 Å². The summed E-state index contributed by atoms with van der Waals surface area (Å²) in [5.74, 6) is 1.51. The van der Waals surface area contributed by atoms with Crippen molar-refractivity contribution in [3.05, 3.63) is 91.8 Å². The fourth-order valence-electron chi connectivity index (χ4n) is 4.37. The molecule has 0 aliphatic rings. The Morgan fingerprint density at radius 1 is 1.07 bits per heavy atom. The molecule has 0 amide bonds. The Labute approximate surface area is 239 Å². The first-order valence-corrected chi connectivity index (χ1v) is 13.6. The Bertz CT molecular complexity index is 1680. The molecule has 214 valence electrons. The molecule has 0 N–H and O–H groups in total. The molecule has 0 fully saturated rings. The summed E-state index contributed by atoms with van der Waals surface area (Å²) in [6, 6.07) is 15.7. The van der Waals surface area contributed by atoms with Crippen molar-refractivity contribution in [2.75, 3.05) is 13.2 Å². The molecule has 0 saturated heterocycles. The number of hydrogen-bond donors (Lipinski definition) is 0.